The van der Waals surface area contributed by atoms with Crippen molar-refractivity contribution in [3.8, 4) is 0 Å². The average Bonchev–Trinajstić information content (AvgIpc) is 3.13. The number of rotatable bonds is 5. The van der Waals surface area contributed by atoms with Gasteiger partial charge in [-0.2, -0.15) is 0 Å². The van der Waals surface area contributed by atoms with Crippen LogP contribution in [0.25, 0.3) is 0 Å². The Labute approximate surface area is 162 Å². The van der Waals surface area contributed by atoms with Gasteiger partial charge < -0.3 is 15.5 Å². The Morgan fingerprint density at radius 2 is 2.00 bits per heavy atom. The molecule has 0 aromatic carbocycles. The van der Waals surface area contributed by atoms with Crippen LogP contribution in [-0.2, 0) is 13.0 Å². The van der Waals surface area contributed by atoms with Gasteiger partial charge in [0.2, 0.25) is 0 Å². The summed E-state index contributed by atoms with van der Waals surface area (Å²) in [6, 6.07) is 3.98. The lowest BCUT2D eigenvalue weighted by Crippen LogP contribution is -2.52. The maximum atomic E-state index is 4.45. The molecule has 146 valence electrons. The van der Waals surface area contributed by atoms with Crippen molar-refractivity contribution in [1.29, 1.82) is 0 Å². The summed E-state index contributed by atoms with van der Waals surface area (Å²) in [5, 5.41) is 9.41. The number of likely N-dealkylation sites (tertiary alicyclic amines) is 1. The number of hydrogen-bond donors (Lipinski definition) is 2. The molecule has 0 radical (unpaired) electrons. The molecular formula is C20H35N5S. The van der Waals surface area contributed by atoms with Crippen LogP contribution in [0.5, 0.6) is 0 Å². The summed E-state index contributed by atoms with van der Waals surface area (Å²) in [5.41, 5.74) is 1.52. The van der Waals surface area contributed by atoms with Gasteiger partial charge >= 0.3 is 0 Å². The molecule has 5 nitrogen and oxygen atoms in total. The second kappa shape index (κ2) is 9.20. The molecule has 0 amide bonds. The number of piperidine rings is 1. The fraction of sp³-hybridized carbons (Fsp3) is 0.750. The van der Waals surface area contributed by atoms with Crippen LogP contribution in [0.2, 0.25) is 0 Å². The maximum absolute atomic E-state index is 4.45. The third-order valence-corrected chi connectivity index (χ3v) is 6.87. The van der Waals surface area contributed by atoms with Gasteiger partial charge in [-0.1, -0.05) is 0 Å². The Morgan fingerprint density at radius 3 is 2.69 bits per heavy atom. The second-order valence-electron chi connectivity index (χ2n) is 7.94. The van der Waals surface area contributed by atoms with Gasteiger partial charge in [0.1, 0.15) is 0 Å². The lowest BCUT2D eigenvalue weighted by Gasteiger charge is -2.36. The zero-order valence-electron chi connectivity index (χ0n) is 16.8. The van der Waals surface area contributed by atoms with Crippen LogP contribution in [0, 0.1) is 0 Å². The maximum Gasteiger partial charge on any atom is 0.191 e. The summed E-state index contributed by atoms with van der Waals surface area (Å²) >= 11 is 1.91. The molecule has 1 saturated heterocycles. The van der Waals surface area contributed by atoms with Crippen LogP contribution < -0.4 is 10.6 Å². The Morgan fingerprint density at radius 1 is 1.23 bits per heavy atom. The minimum absolute atomic E-state index is 0.504. The van der Waals surface area contributed by atoms with E-state index in [0.717, 1.165) is 25.6 Å². The summed E-state index contributed by atoms with van der Waals surface area (Å²) in [7, 11) is 1.88. The first kappa shape index (κ1) is 19.6. The molecular weight excluding hydrogens is 342 g/mol. The van der Waals surface area contributed by atoms with Gasteiger partial charge in [0.05, 0.1) is 0 Å². The third kappa shape index (κ3) is 4.99. The van der Waals surface area contributed by atoms with Crippen LogP contribution in [0.4, 0.5) is 0 Å². The molecule has 3 rings (SSSR count). The summed E-state index contributed by atoms with van der Waals surface area (Å²) in [5.74, 6) is 0.952. The first-order valence-corrected chi connectivity index (χ1v) is 10.9. The highest BCUT2D eigenvalue weighted by Crippen LogP contribution is 2.25. The largest absolute Gasteiger partial charge is 0.355 e. The fourth-order valence-corrected chi connectivity index (χ4v) is 4.86. The van der Waals surface area contributed by atoms with Crippen LogP contribution in [0.3, 0.4) is 0 Å². The predicted octanol–water partition coefficient (Wildman–Crippen LogP) is 2.53. The topological polar surface area (TPSA) is 42.9 Å². The van der Waals surface area contributed by atoms with E-state index < -0.39 is 0 Å². The number of aliphatic imine (C=N–C) groups is 1. The van der Waals surface area contributed by atoms with Crippen molar-refractivity contribution in [2.24, 2.45) is 4.99 Å². The van der Waals surface area contributed by atoms with E-state index in [0.29, 0.717) is 18.1 Å². The van der Waals surface area contributed by atoms with Gasteiger partial charge in [-0.15, -0.1) is 11.3 Å². The molecule has 2 N–H and O–H groups in total. The van der Waals surface area contributed by atoms with Gasteiger partial charge in [0, 0.05) is 62.8 Å². The van der Waals surface area contributed by atoms with Crippen LogP contribution in [0.1, 0.15) is 44.1 Å². The van der Waals surface area contributed by atoms with Crippen molar-refractivity contribution in [3.63, 3.8) is 0 Å². The average molecular weight is 378 g/mol. The quantitative estimate of drug-likeness (QED) is 0.611. The van der Waals surface area contributed by atoms with Crippen molar-refractivity contribution in [2.75, 3.05) is 33.2 Å². The Balaban J connectivity index is 1.42. The highest BCUT2D eigenvalue weighted by Gasteiger charge is 2.23. The molecule has 0 aliphatic carbocycles. The van der Waals surface area contributed by atoms with Crippen molar-refractivity contribution >= 4 is 17.3 Å². The SMILES string of the molecule is CN=C(NCC(C)N1CCc2sccc2C1)NC1CCN(C(C)C)CC1. The second-order valence-corrected chi connectivity index (χ2v) is 8.94. The van der Waals surface area contributed by atoms with Crippen molar-refractivity contribution in [2.45, 2.75) is 64.7 Å². The lowest BCUT2D eigenvalue weighted by atomic mass is 10.0. The number of fused-ring (bicyclic) bond motifs is 1. The fourth-order valence-electron chi connectivity index (χ4n) is 3.97. The Hall–Kier alpha value is -1.11. The van der Waals surface area contributed by atoms with Crippen LogP contribution in [-0.4, -0.2) is 67.1 Å². The minimum atomic E-state index is 0.504. The molecule has 6 heteroatoms. The smallest absolute Gasteiger partial charge is 0.191 e. The highest BCUT2D eigenvalue weighted by molar-refractivity contribution is 7.10. The van der Waals surface area contributed by atoms with E-state index >= 15 is 0 Å². The normalized spacial score (nSPS) is 21.7. The number of guanidine groups is 1. The van der Waals surface area contributed by atoms with Crippen LogP contribution in [0.15, 0.2) is 16.4 Å². The van der Waals surface area contributed by atoms with Gasteiger partial charge in [-0.25, -0.2) is 0 Å². The summed E-state index contributed by atoms with van der Waals surface area (Å²) < 4.78 is 0. The standard InChI is InChI=1S/C20H35N5S/c1-15(2)24-9-5-18(6-10-24)23-20(21-4)22-13-16(3)25-11-7-19-17(14-25)8-12-26-19/h8,12,15-16,18H,5-7,9-11,13-14H2,1-4H3,(H2,21,22,23). The number of nitrogens with one attached hydrogen (secondary N) is 2. The summed E-state index contributed by atoms with van der Waals surface area (Å²) in [6.45, 7) is 12.4. The van der Waals surface area contributed by atoms with E-state index in [1.807, 2.05) is 18.4 Å². The van der Waals surface area contributed by atoms with Crippen molar-refractivity contribution in [3.05, 3.63) is 21.9 Å². The van der Waals surface area contributed by atoms with E-state index in [4.69, 9.17) is 0 Å². The van der Waals surface area contributed by atoms with E-state index in [-0.39, 0.29) is 0 Å². The molecule has 1 unspecified atom stereocenters. The first-order valence-electron chi connectivity index (χ1n) is 10.1. The van der Waals surface area contributed by atoms with Gasteiger partial charge in [-0.05, 0) is 57.0 Å². The zero-order valence-corrected chi connectivity index (χ0v) is 17.6. The number of hydrogen-bond acceptors (Lipinski definition) is 4. The molecule has 1 aromatic rings. The Kier molecular flexibility index (Phi) is 6.95. The molecule has 1 aromatic heterocycles. The molecule has 1 fully saturated rings. The number of nitrogens with zero attached hydrogens (tertiary/aromatic N) is 3. The van der Waals surface area contributed by atoms with Gasteiger partial charge in [0.15, 0.2) is 5.96 Å². The molecule has 0 spiro atoms. The van der Waals surface area contributed by atoms with Crippen molar-refractivity contribution in [1.82, 2.24) is 20.4 Å². The van der Waals surface area contributed by atoms with E-state index in [2.05, 4.69) is 57.6 Å². The molecule has 2 aliphatic rings. The number of thiophene rings is 1. The summed E-state index contributed by atoms with van der Waals surface area (Å²) in [6.07, 6.45) is 3.59. The zero-order chi connectivity index (χ0) is 18.5. The first-order chi connectivity index (χ1) is 12.6. The minimum Gasteiger partial charge on any atom is -0.355 e. The Bertz CT molecular complexity index is 589. The molecule has 2 aliphatic heterocycles. The van der Waals surface area contributed by atoms with Gasteiger partial charge in [-0.3, -0.25) is 9.89 Å². The van der Waals surface area contributed by atoms with Crippen LogP contribution >= 0.6 is 11.3 Å². The van der Waals surface area contributed by atoms with E-state index in [1.54, 1.807) is 4.88 Å². The van der Waals surface area contributed by atoms with E-state index in [9.17, 15) is 0 Å². The predicted molar refractivity (Wildman–Crippen MR) is 112 cm³/mol. The highest BCUT2D eigenvalue weighted by atomic mass is 32.1. The van der Waals surface area contributed by atoms with E-state index in [1.165, 1.54) is 37.9 Å². The molecule has 26 heavy (non-hydrogen) atoms. The molecule has 3 heterocycles. The third-order valence-electron chi connectivity index (χ3n) is 5.85. The lowest BCUT2D eigenvalue weighted by molar-refractivity contribution is 0.167. The molecule has 0 saturated carbocycles. The molecule has 1 atom stereocenters. The monoisotopic (exact) mass is 377 g/mol. The summed E-state index contributed by atoms with van der Waals surface area (Å²) in [4.78, 5) is 11.2. The molecule has 0 bridgehead atoms. The van der Waals surface area contributed by atoms with Crippen molar-refractivity contribution < 1.29 is 0 Å². The van der Waals surface area contributed by atoms with Gasteiger partial charge in [0.25, 0.3) is 0 Å².